The van der Waals surface area contributed by atoms with Crippen LogP contribution in [0.2, 0.25) is 0 Å². The summed E-state index contributed by atoms with van der Waals surface area (Å²) in [6.45, 7) is -1.29. The third kappa shape index (κ3) is 2.04. The summed E-state index contributed by atoms with van der Waals surface area (Å²) in [6, 6.07) is 0. The smallest absolute Gasteiger partial charge is 0.294 e. The molecule has 0 aromatic carbocycles. The average Bonchev–Trinajstić information content (AvgIpc) is 2.31. The van der Waals surface area contributed by atoms with Crippen LogP contribution >= 0.6 is 0 Å². The van der Waals surface area contributed by atoms with E-state index in [9.17, 15) is 18.0 Å². The fourth-order valence-corrected chi connectivity index (χ4v) is 0.656. The second kappa shape index (κ2) is 2.92. The molecule has 4 nitrogen and oxygen atoms in total. The Morgan fingerprint density at radius 3 is 2.75 bits per heavy atom. The predicted octanol–water partition coefficient (Wildman–Crippen LogP) is 0.653. The summed E-state index contributed by atoms with van der Waals surface area (Å²) in [7, 11) is 0. The van der Waals surface area contributed by atoms with Crippen LogP contribution in [0.15, 0.2) is 6.33 Å². The largest absolute Gasteiger partial charge is 0.408 e. The molecule has 7 heteroatoms. The molecule has 0 spiro atoms. The number of nitrogens with zero attached hydrogens (tertiary/aromatic N) is 3. The first kappa shape index (κ1) is 8.69. The number of carbonyl (C=O) groups is 1. The fraction of sp³-hybridized carbons (Fsp3) is 0.400. The molecule has 1 aromatic heterocycles. The highest BCUT2D eigenvalue weighted by molar-refractivity contribution is 5.68. The summed E-state index contributed by atoms with van der Waals surface area (Å²) in [5.74, 6) is -0.327. The third-order valence-electron chi connectivity index (χ3n) is 1.08. The van der Waals surface area contributed by atoms with Crippen molar-refractivity contribution in [1.82, 2.24) is 14.8 Å². The van der Waals surface area contributed by atoms with Crippen molar-refractivity contribution in [1.29, 1.82) is 0 Å². The van der Waals surface area contributed by atoms with E-state index >= 15 is 0 Å². The summed E-state index contributed by atoms with van der Waals surface area (Å²) in [4.78, 5) is 13.4. The lowest BCUT2D eigenvalue weighted by Crippen LogP contribution is -2.20. The van der Waals surface area contributed by atoms with Gasteiger partial charge in [-0.25, -0.2) is 9.67 Å². The molecule has 0 saturated carbocycles. The molecule has 12 heavy (non-hydrogen) atoms. The van der Waals surface area contributed by atoms with E-state index in [0.29, 0.717) is 4.68 Å². The second-order valence-electron chi connectivity index (χ2n) is 2.01. The Hall–Kier alpha value is -1.40. The number of carbonyl (C=O) groups excluding carboxylic acids is 1. The number of halogens is 3. The Morgan fingerprint density at radius 1 is 1.58 bits per heavy atom. The minimum Gasteiger partial charge on any atom is -0.294 e. The number of aromatic nitrogens is 3. The van der Waals surface area contributed by atoms with Gasteiger partial charge in [-0.1, -0.05) is 0 Å². The molecule has 0 aliphatic carbocycles. The standard InChI is InChI=1S/C5H4F3N3O/c6-5(7,8)2-11-4(1-12)9-3-10-11/h1,3H,2H2. The minimum atomic E-state index is -4.38. The van der Waals surface area contributed by atoms with Crippen LogP contribution in [0.1, 0.15) is 10.6 Å². The zero-order valence-electron chi connectivity index (χ0n) is 5.75. The monoisotopic (exact) mass is 179 g/mol. The minimum absolute atomic E-state index is 0.221. The van der Waals surface area contributed by atoms with Crippen molar-refractivity contribution in [3.8, 4) is 0 Å². The van der Waals surface area contributed by atoms with Gasteiger partial charge in [0.2, 0.25) is 0 Å². The molecule has 1 rings (SSSR count). The van der Waals surface area contributed by atoms with Gasteiger partial charge in [-0.2, -0.15) is 18.3 Å². The van der Waals surface area contributed by atoms with E-state index in [4.69, 9.17) is 0 Å². The van der Waals surface area contributed by atoms with Crippen LogP contribution in [0, 0.1) is 0 Å². The van der Waals surface area contributed by atoms with Gasteiger partial charge < -0.3 is 0 Å². The number of hydrogen-bond donors (Lipinski definition) is 0. The molecule has 66 valence electrons. The lowest BCUT2D eigenvalue weighted by atomic mass is 10.6. The average molecular weight is 179 g/mol. The summed E-state index contributed by atoms with van der Waals surface area (Å²) in [5, 5.41) is 3.23. The Labute approximate surface area is 65.0 Å². The van der Waals surface area contributed by atoms with Crippen molar-refractivity contribution in [3.63, 3.8) is 0 Å². The fourth-order valence-electron chi connectivity index (χ4n) is 0.656. The van der Waals surface area contributed by atoms with E-state index in [0.717, 1.165) is 6.33 Å². The number of alkyl halides is 3. The molecule has 1 heterocycles. The molecule has 1 aromatic rings. The number of aldehydes is 1. The molecular weight excluding hydrogens is 175 g/mol. The summed E-state index contributed by atoms with van der Waals surface area (Å²) >= 11 is 0. The van der Waals surface area contributed by atoms with Gasteiger partial charge in [0.25, 0.3) is 0 Å². The van der Waals surface area contributed by atoms with Gasteiger partial charge in [0.15, 0.2) is 12.1 Å². The van der Waals surface area contributed by atoms with Crippen LogP contribution in [0.25, 0.3) is 0 Å². The second-order valence-corrected chi connectivity index (χ2v) is 2.01. The zero-order chi connectivity index (χ0) is 9.19. The van der Waals surface area contributed by atoms with E-state index in [1.807, 2.05) is 0 Å². The van der Waals surface area contributed by atoms with Crippen molar-refractivity contribution in [2.24, 2.45) is 0 Å². The summed E-state index contributed by atoms with van der Waals surface area (Å²) in [5.41, 5.74) is 0. The Bertz CT molecular complexity index is 280. The van der Waals surface area contributed by atoms with Crippen LogP contribution in [0.5, 0.6) is 0 Å². The highest BCUT2D eigenvalue weighted by Gasteiger charge is 2.29. The van der Waals surface area contributed by atoms with Crippen LogP contribution in [-0.4, -0.2) is 27.2 Å². The molecule has 0 saturated heterocycles. The van der Waals surface area contributed by atoms with Gasteiger partial charge in [0.1, 0.15) is 12.9 Å². The molecule has 0 amide bonds. The summed E-state index contributed by atoms with van der Waals surface area (Å²) in [6.07, 6.45) is -3.26. The normalized spacial score (nSPS) is 11.6. The van der Waals surface area contributed by atoms with Gasteiger partial charge >= 0.3 is 6.18 Å². The van der Waals surface area contributed by atoms with Crippen LogP contribution in [-0.2, 0) is 6.54 Å². The van der Waals surface area contributed by atoms with E-state index in [2.05, 4.69) is 10.1 Å². The first-order valence-electron chi connectivity index (χ1n) is 2.92. The number of rotatable bonds is 2. The van der Waals surface area contributed by atoms with Gasteiger partial charge in [0.05, 0.1) is 0 Å². The molecule has 0 bridgehead atoms. The SMILES string of the molecule is O=Cc1ncnn1CC(F)(F)F. The van der Waals surface area contributed by atoms with Crippen molar-refractivity contribution in [2.45, 2.75) is 12.7 Å². The molecular formula is C5H4F3N3O. The zero-order valence-corrected chi connectivity index (χ0v) is 5.75. The van der Waals surface area contributed by atoms with E-state index in [1.165, 1.54) is 0 Å². The molecule has 0 aliphatic rings. The molecule has 0 radical (unpaired) electrons. The maximum absolute atomic E-state index is 11.7. The highest BCUT2D eigenvalue weighted by atomic mass is 19.4. The van der Waals surface area contributed by atoms with Crippen molar-refractivity contribution in [3.05, 3.63) is 12.2 Å². The molecule has 0 atom stereocenters. The predicted molar refractivity (Wildman–Crippen MR) is 31.5 cm³/mol. The third-order valence-corrected chi connectivity index (χ3v) is 1.08. The van der Waals surface area contributed by atoms with Crippen LogP contribution in [0.3, 0.4) is 0 Å². The Balaban J connectivity index is 2.81. The molecule has 0 fully saturated rings. The van der Waals surface area contributed by atoms with Crippen molar-refractivity contribution < 1.29 is 18.0 Å². The van der Waals surface area contributed by atoms with Crippen LogP contribution in [0.4, 0.5) is 13.2 Å². The quantitative estimate of drug-likeness (QED) is 0.626. The highest BCUT2D eigenvalue weighted by Crippen LogP contribution is 2.16. The first-order chi connectivity index (χ1) is 5.53. The molecule has 0 unspecified atom stereocenters. The maximum Gasteiger partial charge on any atom is 0.408 e. The van der Waals surface area contributed by atoms with E-state index < -0.39 is 12.7 Å². The van der Waals surface area contributed by atoms with Crippen molar-refractivity contribution >= 4 is 6.29 Å². The Morgan fingerprint density at radius 2 is 2.25 bits per heavy atom. The van der Waals surface area contributed by atoms with Gasteiger partial charge in [-0.05, 0) is 0 Å². The van der Waals surface area contributed by atoms with E-state index in [1.54, 1.807) is 0 Å². The molecule has 0 aliphatic heterocycles. The summed E-state index contributed by atoms with van der Waals surface area (Å²) < 4.78 is 35.7. The van der Waals surface area contributed by atoms with Gasteiger partial charge in [-0.3, -0.25) is 4.79 Å². The Kier molecular flexibility index (Phi) is 2.11. The molecule has 0 N–H and O–H groups in total. The first-order valence-corrected chi connectivity index (χ1v) is 2.92. The van der Waals surface area contributed by atoms with Gasteiger partial charge in [-0.15, -0.1) is 0 Å². The topological polar surface area (TPSA) is 47.8 Å². The lowest BCUT2D eigenvalue weighted by molar-refractivity contribution is -0.142. The maximum atomic E-state index is 11.7. The number of hydrogen-bond acceptors (Lipinski definition) is 3. The van der Waals surface area contributed by atoms with Gasteiger partial charge in [0, 0.05) is 0 Å². The van der Waals surface area contributed by atoms with E-state index in [-0.39, 0.29) is 12.1 Å². The lowest BCUT2D eigenvalue weighted by Gasteiger charge is -2.05. The van der Waals surface area contributed by atoms with Crippen molar-refractivity contribution in [2.75, 3.05) is 0 Å². The van der Waals surface area contributed by atoms with Crippen LogP contribution < -0.4 is 0 Å².